The summed E-state index contributed by atoms with van der Waals surface area (Å²) in [5, 5.41) is 0.983. The van der Waals surface area contributed by atoms with Crippen molar-refractivity contribution in [2.24, 2.45) is 11.3 Å². The third-order valence-corrected chi connectivity index (χ3v) is 5.64. The van der Waals surface area contributed by atoms with Crippen LogP contribution in [0.2, 0.25) is 0 Å². The molecule has 0 atom stereocenters. The van der Waals surface area contributed by atoms with E-state index in [0.717, 1.165) is 29.8 Å². The lowest BCUT2D eigenvalue weighted by molar-refractivity contribution is -0.128. The minimum absolute atomic E-state index is 0.0635. The predicted octanol–water partition coefficient (Wildman–Crippen LogP) is 5.01. The molecule has 1 aliphatic rings. The molecule has 1 aromatic carbocycles. The molecule has 2 aromatic rings. The van der Waals surface area contributed by atoms with Gasteiger partial charge in [0, 0.05) is 5.41 Å². The average molecular weight is 301 g/mol. The lowest BCUT2D eigenvalue weighted by Crippen LogP contribution is -2.31. The Balaban J connectivity index is 1.80. The molecule has 2 nitrogen and oxygen atoms in total. The van der Waals surface area contributed by atoms with Crippen molar-refractivity contribution in [3.63, 3.8) is 0 Å². The largest absolute Gasteiger partial charge is 0.299 e. The Labute approximate surface area is 130 Å². The van der Waals surface area contributed by atoms with Gasteiger partial charge in [0.1, 0.15) is 10.8 Å². The van der Waals surface area contributed by atoms with E-state index in [0.29, 0.717) is 18.1 Å². The Kier molecular flexibility index (Phi) is 4.12. The number of benzene rings is 1. The molecular formula is C18H23NOS. The highest BCUT2D eigenvalue weighted by molar-refractivity contribution is 7.18. The SMILES string of the molecule is CC(C)CC1(C(=O)Cc2nc3ccccc3s2)CCCC1. The Morgan fingerprint density at radius 3 is 2.67 bits per heavy atom. The Hall–Kier alpha value is -1.22. The first-order chi connectivity index (χ1) is 10.1. The van der Waals surface area contributed by atoms with E-state index in [2.05, 4.69) is 24.9 Å². The molecule has 1 aromatic heterocycles. The van der Waals surface area contributed by atoms with Gasteiger partial charge in [0.25, 0.3) is 0 Å². The van der Waals surface area contributed by atoms with Crippen molar-refractivity contribution in [3.05, 3.63) is 29.3 Å². The second-order valence-electron chi connectivity index (χ2n) is 6.76. The van der Waals surface area contributed by atoms with Gasteiger partial charge >= 0.3 is 0 Å². The lowest BCUT2D eigenvalue weighted by Gasteiger charge is -2.29. The summed E-state index contributed by atoms with van der Waals surface area (Å²) in [5.74, 6) is 1.01. The third kappa shape index (κ3) is 3.03. The number of aromatic nitrogens is 1. The fraction of sp³-hybridized carbons (Fsp3) is 0.556. The van der Waals surface area contributed by atoms with E-state index < -0.39 is 0 Å². The molecule has 0 radical (unpaired) electrons. The van der Waals surface area contributed by atoms with E-state index in [1.807, 2.05) is 18.2 Å². The molecule has 0 amide bonds. The summed E-state index contributed by atoms with van der Waals surface area (Å²) in [5.41, 5.74) is 0.959. The highest BCUT2D eigenvalue weighted by Gasteiger charge is 2.40. The van der Waals surface area contributed by atoms with Crippen LogP contribution in [0.15, 0.2) is 24.3 Å². The second kappa shape index (κ2) is 5.88. The zero-order valence-corrected chi connectivity index (χ0v) is 13.7. The Morgan fingerprint density at radius 1 is 1.29 bits per heavy atom. The van der Waals surface area contributed by atoms with Gasteiger partial charge in [0.2, 0.25) is 0 Å². The van der Waals surface area contributed by atoms with Crippen molar-refractivity contribution in [3.8, 4) is 0 Å². The monoisotopic (exact) mass is 301 g/mol. The molecule has 112 valence electrons. The maximum absolute atomic E-state index is 12.9. The molecule has 1 saturated carbocycles. The molecular weight excluding hydrogens is 278 g/mol. The number of thiazole rings is 1. The molecule has 0 aliphatic heterocycles. The van der Waals surface area contributed by atoms with Crippen molar-refractivity contribution in [2.75, 3.05) is 0 Å². The molecule has 0 N–H and O–H groups in total. The number of carbonyl (C=O) groups excluding carboxylic acids is 1. The van der Waals surface area contributed by atoms with E-state index in [9.17, 15) is 4.79 Å². The first-order valence-corrected chi connectivity index (χ1v) is 8.78. The summed E-state index contributed by atoms with van der Waals surface area (Å²) in [7, 11) is 0. The Bertz CT molecular complexity index is 604. The van der Waals surface area contributed by atoms with Crippen LogP contribution in [-0.4, -0.2) is 10.8 Å². The summed E-state index contributed by atoms with van der Waals surface area (Å²) >= 11 is 1.67. The van der Waals surface area contributed by atoms with Crippen molar-refractivity contribution in [1.29, 1.82) is 0 Å². The van der Waals surface area contributed by atoms with Crippen molar-refractivity contribution < 1.29 is 4.79 Å². The molecule has 1 heterocycles. The molecule has 3 rings (SSSR count). The third-order valence-electron chi connectivity index (χ3n) is 4.60. The van der Waals surface area contributed by atoms with Crippen molar-refractivity contribution >= 4 is 27.3 Å². The predicted molar refractivity (Wildman–Crippen MR) is 88.7 cm³/mol. The van der Waals surface area contributed by atoms with E-state index in [-0.39, 0.29) is 5.41 Å². The van der Waals surface area contributed by atoms with Crippen LogP contribution in [0.4, 0.5) is 0 Å². The van der Waals surface area contributed by atoms with Gasteiger partial charge in [-0.25, -0.2) is 4.98 Å². The van der Waals surface area contributed by atoms with Gasteiger partial charge in [0.15, 0.2) is 0 Å². The van der Waals surface area contributed by atoms with Gasteiger partial charge in [0.05, 0.1) is 16.6 Å². The van der Waals surface area contributed by atoms with Gasteiger partial charge in [-0.05, 0) is 37.3 Å². The fourth-order valence-electron chi connectivity index (χ4n) is 3.75. The van der Waals surface area contributed by atoms with Crippen LogP contribution < -0.4 is 0 Å². The number of Topliss-reactive ketones (excluding diaryl/α,β-unsaturated/α-hetero) is 1. The van der Waals surface area contributed by atoms with Crippen molar-refractivity contribution in [2.45, 2.75) is 52.4 Å². The van der Waals surface area contributed by atoms with Crippen LogP contribution in [0, 0.1) is 11.3 Å². The quantitative estimate of drug-likeness (QED) is 0.776. The summed E-state index contributed by atoms with van der Waals surface area (Å²) in [6.07, 6.45) is 6.13. The first kappa shape index (κ1) is 14.7. The summed E-state index contributed by atoms with van der Waals surface area (Å²) < 4.78 is 1.18. The topological polar surface area (TPSA) is 30.0 Å². The smallest absolute Gasteiger partial charge is 0.145 e. The average Bonchev–Trinajstić information content (AvgIpc) is 3.04. The maximum Gasteiger partial charge on any atom is 0.145 e. The second-order valence-corrected chi connectivity index (χ2v) is 7.88. The van der Waals surface area contributed by atoms with E-state index in [4.69, 9.17) is 0 Å². The number of fused-ring (bicyclic) bond motifs is 1. The summed E-state index contributed by atoms with van der Waals surface area (Å²) in [4.78, 5) is 17.5. The standard InChI is InChI=1S/C18H23NOS/c1-13(2)12-18(9-5-6-10-18)16(20)11-17-19-14-7-3-4-8-15(14)21-17/h3-4,7-8,13H,5-6,9-12H2,1-2H3. The Morgan fingerprint density at radius 2 is 2.00 bits per heavy atom. The van der Waals surface area contributed by atoms with Crippen LogP contribution in [0.25, 0.3) is 10.2 Å². The zero-order chi connectivity index (χ0) is 14.9. The van der Waals surface area contributed by atoms with E-state index in [1.165, 1.54) is 17.5 Å². The number of para-hydroxylation sites is 1. The van der Waals surface area contributed by atoms with Gasteiger partial charge < -0.3 is 0 Å². The minimum Gasteiger partial charge on any atom is -0.299 e. The number of ketones is 1. The fourth-order valence-corrected chi connectivity index (χ4v) is 4.72. The van der Waals surface area contributed by atoms with Crippen LogP contribution in [0.3, 0.4) is 0 Å². The number of nitrogens with zero attached hydrogens (tertiary/aromatic N) is 1. The normalized spacial score (nSPS) is 17.7. The summed E-state index contributed by atoms with van der Waals surface area (Å²) in [6, 6.07) is 8.15. The van der Waals surface area contributed by atoms with Gasteiger partial charge in [-0.3, -0.25) is 4.79 Å². The molecule has 1 fully saturated rings. The molecule has 0 spiro atoms. The molecule has 21 heavy (non-hydrogen) atoms. The van der Waals surface area contributed by atoms with Crippen LogP contribution in [-0.2, 0) is 11.2 Å². The number of hydrogen-bond donors (Lipinski definition) is 0. The lowest BCUT2D eigenvalue weighted by atomic mass is 9.74. The molecule has 1 aliphatic carbocycles. The maximum atomic E-state index is 12.9. The van der Waals surface area contributed by atoms with Crippen LogP contribution >= 0.6 is 11.3 Å². The highest BCUT2D eigenvalue weighted by atomic mass is 32.1. The highest BCUT2D eigenvalue weighted by Crippen LogP contribution is 2.44. The molecule has 3 heteroatoms. The molecule has 0 bridgehead atoms. The van der Waals surface area contributed by atoms with Crippen LogP contribution in [0.5, 0.6) is 0 Å². The summed E-state index contributed by atoms with van der Waals surface area (Å²) in [6.45, 7) is 4.45. The number of rotatable bonds is 5. The first-order valence-electron chi connectivity index (χ1n) is 7.97. The van der Waals surface area contributed by atoms with E-state index in [1.54, 1.807) is 11.3 Å². The molecule has 0 saturated heterocycles. The number of hydrogen-bond acceptors (Lipinski definition) is 3. The van der Waals surface area contributed by atoms with Gasteiger partial charge in [-0.2, -0.15) is 0 Å². The van der Waals surface area contributed by atoms with Gasteiger partial charge in [-0.1, -0.05) is 38.8 Å². The van der Waals surface area contributed by atoms with E-state index >= 15 is 0 Å². The molecule has 0 unspecified atom stereocenters. The zero-order valence-electron chi connectivity index (χ0n) is 12.9. The van der Waals surface area contributed by atoms with Gasteiger partial charge in [-0.15, -0.1) is 11.3 Å². The number of carbonyl (C=O) groups is 1. The van der Waals surface area contributed by atoms with Crippen molar-refractivity contribution in [1.82, 2.24) is 4.98 Å². The minimum atomic E-state index is -0.0635. The van der Waals surface area contributed by atoms with Crippen LogP contribution in [0.1, 0.15) is 51.0 Å².